The Labute approximate surface area is 200 Å². The quantitative estimate of drug-likeness (QED) is 0.354. The van der Waals surface area contributed by atoms with E-state index in [4.69, 9.17) is 28.9 Å². The van der Waals surface area contributed by atoms with Crippen molar-refractivity contribution < 1.29 is 23.1 Å². The number of halogens is 5. The number of alkyl halides is 2. The molecule has 12 heteroatoms. The number of pyridine rings is 1. The van der Waals surface area contributed by atoms with Gasteiger partial charge in [0.2, 0.25) is 5.95 Å². The predicted molar refractivity (Wildman–Crippen MR) is 121 cm³/mol. The second-order valence-electron chi connectivity index (χ2n) is 7.40. The smallest absolute Gasteiger partial charge is 0.294 e. The number of nitrogens with one attached hydrogen (secondary N) is 1. The monoisotopic (exact) mass is 509 g/mol. The standard InChI is InChI=1S/C22H16Cl2F3N5O2/c23-16-9-17(24)15(8-14(16)12-5-6-32-18(7-12)30-21(28)31-32)20(34)29-10-22(26,27)19(33)11-1-3-13(25)4-2-11/h1-9,19,33H,10H2,(H2,28,31)(H,29,34). The van der Waals surface area contributed by atoms with Crippen LogP contribution in [0.15, 0.2) is 54.7 Å². The van der Waals surface area contributed by atoms with Gasteiger partial charge in [0.25, 0.3) is 11.8 Å². The van der Waals surface area contributed by atoms with E-state index in [2.05, 4.69) is 15.4 Å². The number of carbonyl (C=O) groups excluding carboxylic acids is 1. The topological polar surface area (TPSA) is 106 Å². The Morgan fingerprint density at radius 2 is 1.85 bits per heavy atom. The highest BCUT2D eigenvalue weighted by atomic mass is 35.5. The van der Waals surface area contributed by atoms with Gasteiger partial charge in [0.1, 0.15) is 11.9 Å². The van der Waals surface area contributed by atoms with E-state index in [0.29, 0.717) is 16.8 Å². The van der Waals surface area contributed by atoms with Crippen LogP contribution in [0.1, 0.15) is 22.0 Å². The number of aliphatic hydroxyl groups is 1. The van der Waals surface area contributed by atoms with Crippen LogP contribution in [0, 0.1) is 5.82 Å². The second-order valence-corrected chi connectivity index (χ2v) is 8.21. The lowest BCUT2D eigenvalue weighted by Gasteiger charge is -2.23. The highest BCUT2D eigenvalue weighted by Crippen LogP contribution is 2.34. The minimum atomic E-state index is -3.74. The summed E-state index contributed by atoms with van der Waals surface area (Å²) >= 11 is 12.4. The minimum absolute atomic E-state index is 0.0542. The predicted octanol–water partition coefficient (Wildman–Crippen LogP) is 4.52. The highest BCUT2D eigenvalue weighted by molar-refractivity contribution is 6.38. The summed E-state index contributed by atoms with van der Waals surface area (Å²) in [6.45, 7) is -1.19. The van der Waals surface area contributed by atoms with E-state index >= 15 is 0 Å². The summed E-state index contributed by atoms with van der Waals surface area (Å²) < 4.78 is 43.5. The Hall–Kier alpha value is -3.34. The first-order valence-corrected chi connectivity index (χ1v) is 10.5. The summed E-state index contributed by atoms with van der Waals surface area (Å²) in [5, 5.41) is 16.2. The summed E-state index contributed by atoms with van der Waals surface area (Å²) in [5.74, 6) is -5.20. The summed E-state index contributed by atoms with van der Waals surface area (Å²) in [5.41, 5.74) is 6.69. The molecule has 176 valence electrons. The van der Waals surface area contributed by atoms with Gasteiger partial charge in [-0.05, 0) is 47.5 Å². The SMILES string of the molecule is Nc1nc2cc(-c3cc(C(=O)NCC(F)(F)C(O)c4ccc(F)cc4)c(Cl)cc3Cl)ccn2n1. The van der Waals surface area contributed by atoms with Gasteiger partial charge in [0.15, 0.2) is 5.65 Å². The molecule has 2 heterocycles. The van der Waals surface area contributed by atoms with Crippen LogP contribution in [-0.2, 0) is 0 Å². The molecule has 4 aromatic rings. The maximum absolute atomic E-state index is 14.5. The number of hydrogen-bond donors (Lipinski definition) is 3. The number of amides is 1. The molecule has 0 radical (unpaired) electrons. The first kappa shape index (κ1) is 23.8. The molecule has 2 aromatic heterocycles. The molecule has 4 rings (SSSR count). The maximum atomic E-state index is 14.5. The Morgan fingerprint density at radius 1 is 1.15 bits per heavy atom. The van der Waals surface area contributed by atoms with E-state index in [9.17, 15) is 23.1 Å². The number of nitrogens with two attached hydrogens (primary N) is 1. The van der Waals surface area contributed by atoms with Crippen LogP contribution in [0.5, 0.6) is 0 Å². The Morgan fingerprint density at radius 3 is 2.56 bits per heavy atom. The normalized spacial score (nSPS) is 12.6. The fourth-order valence-corrected chi connectivity index (χ4v) is 3.87. The van der Waals surface area contributed by atoms with Crippen LogP contribution in [0.4, 0.5) is 19.1 Å². The number of aromatic nitrogens is 3. The van der Waals surface area contributed by atoms with Gasteiger partial charge in [0.05, 0.1) is 17.1 Å². The zero-order valence-corrected chi connectivity index (χ0v) is 18.7. The number of nitrogens with zero attached hydrogens (tertiary/aromatic N) is 3. The van der Waals surface area contributed by atoms with Crippen molar-refractivity contribution in [1.82, 2.24) is 19.9 Å². The Bertz CT molecular complexity index is 1380. The first-order valence-electron chi connectivity index (χ1n) is 9.76. The molecule has 0 aliphatic heterocycles. The molecule has 0 spiro atoms. The number of anilines is 1. The van der Waals surface area contributed by atoms with Crippen molar-refractivity contribution >= 4 is 40.7 Å². The lowest BCUT2D eigenvalue weighted by atomic mass is 10.0. The van der Waals surface area contributed by atoms with Gasteiger partial charge in [-0.15, -0.1) is 5.10 Å². The second kappa shape index (κ2) is 9.13. The van der Waals surface area contributed by atoms with Crippen molar-refractivity contribution in [2.24, 2.45) is 0 Å². The summed E-state index contributed by atoms with van der Waals surface area (Å²) in [4.78, 5) is 16.7. The van der Waals surface area contributed by atoms with Gasteiger partial charge in [-0.25, -0.2) is 17.7 Å². The van der Waals surface area contributed by atoms with Crippen molar-refractivity contribution in [3.05, 3.63) is 81.7 Å². The van der Waals surface area contributed by atoms with Gasteiger partial charge in [0, 0.05) is 16.8 Å². The summed E-state index contributed by atoms with van der Waals surface area (Å²) in [7, 11) is 0. The van der Waals surface area contributed by atoms with E-state index in [-0.39, 0.29) is 27.1 Å². The van der Waals surface area contributed by atoms with Crippen LogP contribution in [0.3, 0.4) is 0 Å². The van der Waals surface area contributed by atoms with Crippen molar-refractivity contribution in [3.63, 3.8) is 0 Å². The van der Waals surface area contributed by atoms with E-state index in [1.54, 1.807) is 18.3 Å². The zero-order chi connectivity index (χ0) is 24.6. The van der Waals surface area contributed by atoms with Gasteiger partial charge >= 0.3 is 0 Å². The number of benzene rings is 2. The third-order valence-electron chi connectivity index (χ3n) is 5.04. The van der Waals surface area contributed by atoms with Crippen LogP contribution >= 0.6 is 23.2 Å². The Balaban J connectivity index is 1.56. The summed E-state index contributed by atoms with van der Waals surface area (Å²) in [6.07, 6.45) is -0.664. The lowest BCUT2D eigenvalue weighted by Crippen LogP contribution is -2.40. The van der Waals surface area contributed by atoms with Gasteiger partial charge < -0.3 is 16.2 Å². The number of carbonyl (C=O) groups is 1. The molecule has 2 aromatic carbocycles. The van der Waals surface area contributed by atoms with Gasteiger partial charge in [-0.2, -0.15) is 4.98 Å². The van der Waals surface area contributed by atoms with E-state index < -0.39 is 30.3 Å². The maximum Gasteiger partial charge on any atom is 0.294 e. The number of fused-ring (bicyclic) bond motifs is 1. The molecular formula is C22H16Cl2F3N5O2. The molecule has 0 saturated heterocycles. The third kappa shape index (κ3) is 4.79. The van der Waals surface area contributed by atoms with Crippen molar-refractivity contribution in [3.8, 4) is 11.1 Å². The molecular weight excluding hydrogens is 494 g/mol. The van der Waals surface area contributed by atoms with Crippen molar-refractivity contribution in [1.29, 1.82) is 0 Å². The molecule has 1 unspecified atom stereocenters. The van der Waals surface area contributed by atoms with Crippen LogP contribution in [0.2, 0.25) is 10.0 Å². The number of hydrogen-bond acceptors (Lipinski definition) is 5. The Kier molecular flexibility index (Phi) is 6.39. The minimum Gasteiger partial charge on any atom is -0.382 e. The molecule has 0 fully saturated rings. The largest absolute Gasteiger partial charge is 0.382 e. The van der Waals surface area contributed by atoms with Gasteiger partial charge in [-0.3, -0.25) is 4.79 Å². The molecule has 1 amide bonds. The average molecular weight is 510 g/mol. The molecule has 34 heavy (non-hydrogen) atoms. The summed E-state index contributed by atoms with van der Waals surface area (Å²) in [6, 6.07) is 9.95. The fraction of sp³-hybridized carbons (Fsp3) is 0.136. The fourth-order valence-electron chi connectivity index (χ4n) is 3.29. The highest BCUT2D eigenvalue weighted by Gasteiger charge is 2.40. The molecule has 1 atom stereocenters. The van der Waals surface area contributed by atoms with Crippen molar-refractivity contribution in [2.45, 2.75) is 12.0 Å². The van der Waals surface area contributed by atoms with Crippen molar-refractivity contribution in [2.75, 3.05) is 12.3 Å². The molecule has 7 nitrogen and oxygen atoms in total. The number of nitrogen functional groups attached to an aromatic ring is 1. The van der Waals surface area contributed by atoms with Gasteiger partial charge in [-0.1, -0.05) is 35.3 Å². The molecule has 0 aliphatic carbocycles. The zero-order valence-electron chi connectivity index (χ0n) is 17.1. The molecule has 4 N–H and O–H groups in total. The average Bonchev–Trinajstić information content (AvgIpc) is 3.17. The first-order chi connectivity index (χ1) is 16.0. The van der Waals surface area contributed by atoms with E-state index in [0.717, 1.165) is 24.3 Å². The lowest BCUT2D eigenvalue weighted by molar-refractivity contribution is -0.106. The molecule has 0 bridgehead atoms. The van der Waals surface area contributed by atoms with E-state index in [1.807, 2.05) is 0 Å². The van der Waals surface area contributed by atoms with E-state index in [1.165, 1.54) is 16.6 Å². The van der Waals surface area contributed by atoms with Crippen LogP contribution in [0.25, 0.3) is 16.8 Å². The number of rotatable bonds is 6. The number of aliphatic hydroxyl groups excluding tert-OH is 1. The molecule has 0 saturated carbocycles. The third-order valence-corrected chi connectivity index (χ3v) is 5.66. The van der Waals surface area contributed by atoms with Crippen LogP contribution in [-0.4, -0.2) is 38.1 Å². The van der Waals surface area contributed by atoms with Crippen LogP contribution < -0.4 is 11.1 Å². The molecule has 0 aliphatic rings.